The summed E-state index contributed by atoms with van der Waals surface area (Å²) in [6.07, 6.45) is 1.65. The molecule has 33 heavy (non-hydrogen) atoms. The maximum absolute atomic E-state index is 13.3. The Balaban J connectivity index is 1.56. The highest BCUT2D eigenvalue weighted by atomic mass is 35.5. The third kappa shape index (κ3) is 5.55. The maximum atomic E-state index is 13.3. The van der Waals surface area contributed by atoms with Crippen LogP contribution in [0.3, 0.4) is 0 Å². The lowest BCUT2D eigenvalue weighted by molar-refractivity contribution is -0.128. The van der Waals surface area contributed by atoms with Gasteiger partial charge in [0.05, 0.1) is 33.7 Å². The first-order valence-corrected chi connectivity index (χ1v) is 11.8. The van der Waals surface area contributed by atoms with Crippen molar-refractivity contribution in [1.82, 2.24) is 9.88 Å². The lowest BCUT2D eigenvalue weighted by atomic mass is 10.2. The van der Waals surface area contributed by atoms with Crippen LogP contribution in [-0.2, 0) is 16.1 Å². The highest BCUT2D eigenvalue weighted by molar-refractivity contribution is 8.15. The number of amidine groups is 1. The lowest BCUT2D eigenvalue weighted by Gasteiger charge is -2.16. The molecule has 0 spiro atoms. The molecule has 4 rings (SSSR count). The number of hydrogen-bond donors (Lipinski definition) is 1. The number of anilines is 1. The van der Waals surface area contributed by atoms with Gasteiger partial charge in [-0.05, 0) is 42.8 Å². The first kappa shape index (κ1) is 23.3. The number of aliphatic imine (C=N–C) groups is 1. The van der Waals surface area contributed by atoms with E-state index in [0.717, 1.165) is 16.9 Å². The SMILES string of the molecule is Cc1ccccc1N=C1SC(CC(=O)Nc2cccc(Cl)c2Cl)C(=O)N1Cc1ccccn1. The van der Waals surface area contributed by atoms with Crippen LogP contribution >= 0.6 is 35.0 Å². The van der Waals surface area contributed by atoms with Crippen molar-refractivity contribution in [2.24, 2.45) is 4.99 Å². The minimum Gasteiger partial charge on any atom is -0.325 e. The number of carbonyl (C=O) groups excluding carboxylic acids is 2. The Morgan fingerprint density at radius 3 is 2.67 bits per heavy atom. The second-order valence-electron chi connectivity index (χ2n) is 7.39. The molecule has 3 aromatic rings. The summed E-state index contributed by atoms with van der Waals surface area (Å²) in [7, 11) is 0. The number of nitrogens with one attached hydrogen (secondary N) is 1. The van der Waals surface area contributed by atoms with Crippen LogP contribution in [0.4, 0.5) is 11.4 Å². The zero-order valence-electron chi connectivity index (χ0n) is 17.7. The quantitative estimate of drug-likeness (QED) is 0.461. The van der Waals surface area contributed by atoms with Crippen molar-refractivity contribution in [3.8, 4) is 0 Å². The first-order chi connectivity index (χ1) is 15.9. The fraction of sp³-hybridized carbons (Fsp3) is 0.167. The molecule has 1 aromatic heterocycles. The summed E-state index contributed by atoms with van der Waals surface area (Å²) in [6, 6.07) is 18.2. The zero-order valence-corrected chi connectivity index (χ0v) is 20.0. The molecule has 0 saturated carbocycles. The molecule has 168 valence electrons. The molecule has 1 N–H and O–H groups in total. The maximum Gasteiger partial charge on any atom is 0.243 e. The first-order valence-electron chi connectivity index (χ1n) is 10.2. The van der Waals surface area contributed by atoms with E-state index in [4.69, 9.17) is 28.2 Å². The number of nitrogens with zero attached hydrogens (tertiary/aromatic N) is 3. The predicted molar refractivity (Wildman–Crippen MR) is 134 cm³/mol. The Kier molecular flexibility index (Phi) is 7.33. The molecule has 2 heterocycles. The molecule has 1 fully saturated rings. The number of pyridine rings is 1. The summed E-state index contributed by atoms with van der Waals surface area (Å²) in [6.45, 7) is 2.24. The third-order valence-electron chi connectivity index (χ3n) is 4.99. The number of carbonyl (C=O) groups is 2. The number of aromatic nitrogens is 1. The van der Waals surface area contributed by atoms with Gasteiger partial charge in [-0.25, -0.2) is 4.99 Å². The van der Waals surface area contributed by atoms with Gasteiger partial charge in [-0.2, -0.15) is 0 Å². The van der Waals surface area contributed by atoms with Gasteiger partial charge in [0.2, 0.25) is 11.8 Å². The molecular weight excluding hydrogens is 479 g/mol. The van der Waals surface area contributed by atoms with E-state index in [-0.39, 0.29) is 29.8 Å². The zero-order chi connectivity index (χ0) is 23.4. The molecule has 1 aliphatic heterocycles. The van der Waals surface area contributed by atoms with Gasteiger partial charge in [-0.3, -0.25) is 19.5 Å². The minimum absolute atomic E-state index is 0.0299. The Morgan fingerprint density at radius 2 is 1.91 bits per heavy atom. The molecule has 0 radical (unpaired) electrons. The monoisotopic (exact) mass is 498 g/mol. The fourth-order valence-electron chi connectivity index (χ4n) is 3.29. The molecule has 0 bridgehead atoms. The molecular formula is C24H20Cl2N4O2S. The number of thioether (sulfide) groups is 1. The average molecular weight is 499 g/mol. The Labute approximate surface area is 206 Å². The van der Waals surface area contributed by atoms with Crippen molar-refractivity contribution >= 4 is 63.3 Å². The van der Waals surface area contributed by atoms with Gasteiger partial charge in [-0.1, -0.05) is 65.3 Å². The number of amides is 2. The topological polar surface area (TPSA) is 74.7 Å². The number of hydrogen-bond acceptors (Lipinski definition) is 5. The molecule has 0 aliphatic carbocycles. The number of benzene rings is 2. The Bertz CT molecular complexity index is 1220. The highest BCUT2D eigenvalue weighted by Crippen LogP contribution is 2.34. The summed E-state index contributed by atoms with van der Waals surface area (Å²) in [5, 5.41) is 3.27. The van der Waals surface area contributed by atoms with Gasteiger partial charge in [0.15, 0.2) is 5.17 Å². The summed E-state index contributed by atoms with van der Waals surface area (Å²) < 4.78 is 0. The van der Waals surface area contributed by atoms with Gasteiger partial charge in [0, 0.05) is 12.6 Å². The van der Waals surface area contributed by atoms with E-state index in [1.807, 2.05) is 49.4 Å². The van der Waals surface area contributed by atoms with Crippen LogP contribution in [0.2, 0.25) is 10.0 Å². The van der Waals surface area contributed by atoms with Crippen LogP contribution in [0.1, 0.15) is 17.7 Å². The van der Waals surface area contributed by atoms with Crippen LogP contribution < -0.4 is 5.32 Å². The van der Waals surface area contributed by atoms with Crippen LogP contribution in [0, 0.1) is 6.92 Å². The van der Waals surface area contributed by atoms with Crippen molar-refractivity contribution in [2.45, 2.75) is 25.1 Å². The summed E-state index contributed by atoms with van der Waals surface area (Å²) >= 11 is 13.5. The van der Waals surface area contributed by atoms with E-state index in [0.29, 0.717) is 15.9 Å². The lowest BCUT2D eigenvalue weighted by Crippen LogP contribution is -2.33. The van der Waals surface area contributed by atoms with E-state index in [1.165, 1.54) is 11.8 Å². The van der Waals surface area contributed by atoms with Crippen molar-refractivity contribution in [1.29, 1.82) is 0 Å². The molecule has 2 aromatic carbocycles. The standard InChI is InChI=1S/C24H20Cl2N4O2S/c1-15-7-2-3-10-18(15)29-24-30(14-16-8-4-5-12-27-16)23(32)20(33-24)13-21(31)28-19-11-6-9-17(25)22(19)26/h2-12,20H,13-14H2,1H3,(H,28,31). The van der Waals surface area contributed by atoms with Gasteiger partial charge < -0.3 is 5.32 Å². The second kappa shape index (κ2) is 10.4. The van der Waals surface area contributed by atoms with Crippen molar-refractivity contribution in [3.63, 3.8) is 0 Å². The van der Waals surface area contributed by atoms with E-state index in [1.54, 1.807) is 29.3 Å². The van der Waals surface area contributed by atoms with Gasteiger partial charge in [0.1, 0.15) is 5.25 Å². The molecule has 1 atom stereocenters. The summed E-state index contributed by atoms with van der Waals surface area (Å²) in [5.41, 5.74) is 2.91. The van der Waals surface area contributed by atoms with Gasteiger partial charge >= 0.3 is 0 Å². The normalized spacial score (nSPS) is 16.9. The second-order valence-corrected chi connectivity index (χ2v) is 9.34. The van der Waals surface area contributed by atoms with Crippen molar-refractivity contribution in [2.75, 3.05) is 5.32 Å². The van der Waals surface area contributed by atoms with Crippen LogP contribution in [0.25, 0.3) is 0 Å². The Morgan fingerprint density at radius 1 is 1.12 bits per heavy atom. The largest absolute Gasteiger partial charge is 0.325 e. The molecule has 1 saturated heterocycles. The predicted octanol–water partition coefficient (Wildman–Crippen LogP) is 5.86. The number of halogens is 2. The van der Waals surface area contributed by atoms with E-state index in [2.05, 4.69) is 10.3 Å². The molecule has 1 aliphatic rings. The van der Waals surface area contributed by atoms with Crippen LogP contribution in [0.5, 0.6) is 0 Å². The average Bonchev–Trinajstić information content (AvgIpc) is 3.08. The van der Waals surface area contributed by atoms with Crippen LogP contribution in [-0.4, -0.2) is 32.1 Å². The number of para-hydroxylation sites is 1. The van der Waals surface area contributed by atoms with Crippen LogP contribution in [0.15, 0.2) is 71.9 Å². The molecule has 6 nitrogen and oxygen atoms in total. The van der Waals surface area contributed by atoms with E-state index >= 15 is 0 Å². The van der Waals surface area contributed by atoms with Gasteiger partial charge in [-0.15, -0.1) is 0 Å². The molecule has 1 unspecified atom stereocenters. The molecule has 9 heteroatoms. The smallest absolute Gasteiger partial charge is 0.243 e. The minimum atomic E-state index is -0.616. The van der Waals surface area contributed by atoms with Crippen molar-refractivity contribution in [3.05, 3.63) is 88.2 Å². The fourth-order valence-corrected chi connectivity index (χ4v) is 4.78. The van der Waals surface area contributed by atoms with Gasteiger partial charge in [0.25, 0.3) is 0 Å². The third-order valence-corrected chi connectivity index (χ3v) is 6.99. The summed E-state index contributed by atoms with van der Waals surface area (Å²) in [5.74, 6) is -0.523. The van der Waals surface area contributed by atoms with E-state index < -0.39 is 5.25 Å². The van der Waals surface area contributed by atoms with Crippen molar-refractivity contribution < 1.29 is 9.59 Å². The number of aryl methyl sites for hydroxylation is 1. The van der Waals surface area contributed by atoms with E-state index in [9.17, 15) is 9.59 Å². The highest BCUT2D eigenvalue weighted by Gasteiger charge is 2.39. The Hall–Kier alpha value is -2.87. The summed E-state index contributed by atoms with van der Waals surface area (Å²) in [4.78, 5) is 36.6. The number of rotatable bonds is 6. The molecule has 2 amide bonds.